The summed E-state index contributed by atoms with van der Waals surface area (Å²) in [7, 11) is 0. The zero-order chi connectivity index (χ0) is 28.6. The molecule has 5 amide bonds. The Labute approximate surface area is 234 Å². The van der Waals surface area contributed by atoms with Crippen LogP contribution in [0.2, 0.25) is 0 Å². The first kappa shape index (κ1) is 28.1. The zero-order valence-corrected chi connectivity index (χ0v) is 23.4. The number of nitrogens with one attached hydrogen (secondary N) is 1. The second kappa shape index (κ2) is 11.2. The van der Waals surface area contributed by atoms with Gasteiger partial charge >= 0.3 is 6.09 Å². The normalized spacial score (nSPS) is 23.3. The van der Waals surface area contributed by atoms with E-state index in [9.17, 15) is 24.0 Å². The van der Waals surface area contributed by atoms with Gasteiger partial charge in [-0.1, -0.05) is 0 Å². The van der Waals surface area contributed by atoms with Crippen molar-refractivity contribution in [3.8, 4) is 5.75 Å². The molecule has 216 valence electrons. The number of benzene rings is 1. The van der Waals surface area contributed by atoms with Gasteiger partial charge in [-0.2, -0.15) is 0 Å². The number of piperidine rings is 3. The number of imide groups is 2. The molecule has 5 rings (SSSR count). The van der Waals surface area contributed by atoms with E-state index in [2.05, 4.69) is 10.2 Å². The highest BCUT2D eigenvalue weighted by atomic mass is 16.6. The lowest BCUT2D eigenvalue weighted by molar-refractivity contribution is -0.136. The van der Waals surface area contributed by atoms with E-state index in [0.717, 1.165) is 63.3 Å². The quantitative estimate of drug-likeness (QED) is 0.551. The van der Waals surface area contributed by atoms with Crippen LogP contribution in [0.5, 0.6) is 5.75 Å². The third-order valence-corrected chi connectivity index (χ3v) is 8.03. The number of likely N-dealkylation sites (tertiary alicyclic amines) is 2. The second-order valence-electron chi connectivity index (χ2n) is 12.2. The van der Waals surface area contributed by atoms with Gasteiger partial charge in [0.2, 0.25) is 11.8 Å². The van der Waals surface area contributed by atoms with E-state index in [-0.39, 0.29) is 36.2 Å². The molecule has 1 aromatic carbocycles. The Morgan fingerprint density at radius 1 is 0.925 bits per heavy atom. The van der Waals surface area contributed by atoms with Crippen LogP contribution in [0.25, 0.3) is 0 Å². The summed E-state index contributed by atoms with van der Waals surface area (Å²) in [6.45, 7) is 9.90. The number of rotatable bonds is 5. The first-order chi connectivity index (χ1) is 19.0. The molecule has 1 atom stereocenters. The molecule has 40 heavy (non-hydrogen) atoms. The molecule has 1 N–H and O–H groups in total. The first-order valence-electron chi connectivity index (χ1n) is 14.2. The second-order valence-corrected chi connectivity index (χ2v) is 12.2. The largest absolute Gasteiger partial charge is 0.490 e. The monoisotopic (exact) mass is 554 g/mol. The average molecular weight is 555 g/mol. The van der Waals surface area contributed by atoms with Crippen molar-refractivity contribution in [3.05, 3.63) is 29.3 Å². The topological polar surface area (TPSA) is 126 Å². The number of ether oxygens (including phenoxy) is 2. The van der Waals surface area contributed by atoms with Crippen molar-refractivity contribution >= 4 is 29.7 Å². The van der Waals surface area contributed by atoms with Gasteiger partial charge in [0.1, 0.15) is 23.5 Å². The molecule has 3 saturated heterocycles. The predicted molar refractivity (Wildman–Crippen MR) is 144 cm³/mol. The molecule has 3 fully saturated rings. The molecule has 0 bridgehead atoms. The summed E-state index contributed by atoms with van der Waals surface area (Å²) >= 11 is 0. The highest BCUT2D eigenvalue weighted by Gasteiger charge is 2.44. The molecule has 0 radical (unpaired) electrons. The number of carbonyl (C=O) groups is 5. The minimum absolute atomic E-state index is 0.00163. The summed E-state index contributed by atoms with van der Waals surface area (Å²) in [5, 5.41) is 2.21. The maximum Gasteiger partial charge on any atom is 0.410 e. The molecule has 11 nitrogen and oxygen atoms in total. The number of carbonyl (C=O) groups excluding carboxylic acids is 5. The molecule has 1 unspecified atom stereocenters. The Morgan fingerprint density at radius 3 is 2.25 bits per heavy atom. The van der Waals surface area contributed by atoms with Gasteiger partial charge in [-0.3, -0.25) is 29.4 Å². The van der Waals surface area contributed by atoms with Crippen LogP contribution in [-0.2, 0) is 14.3 Å². The summed E-state index contributed by atoms with van der Waals surface area (Å²) in [5.41, 5.74) is -0.0135. The first-order valence-corrected chi connectivity index (χ1v) is 14.2. The van der Waals surface area contributed by atoms with Gasteiger partial charge in [0.25, 0.3) is 11.8 Å². The van der Waals surface area contributed by atoms with E-state index in [4.69, 9.17) is 9.47 Å². The molecule has 4 aliphatic rings. The molecule has 0 aromatic heterocycles. The minimum Gasteiger partial charge on any atom is -0.490 e. The number of nitrogens with zero attached hydrogens (tertiary/aromatic N) is 3. The highest BCUT2D eigenvalue weighted by Crippen LogP contribution is 2.31. The fraction of sp³-hybridized carbons (Fsp3) is 0.621. The fourth-order valence-electron chi connectivity index (χ4n) is 5.92. The van der Waals surface area contributed by atoms with Gasteiger partial charge in [0.05, 0.1) is 11.1 Å². The molecule has 0 spiro atoms. The molecule has 1 aromatic rings. The lowest BCUT2D eigenvalue weighted by Gasteiger charge is -2.38. The van der Waals surface area contributed by atoms with Crippen molar-refractivity contribution < 1.29 is 33.4 Å². The van der Waals surface area contributed by atoms with E-state index >= 15 is 0 Å². The van der Waals surface area contributed by atoms with Gasteiger partial charge < -0.3 is 19.3 Å². The van der Waals surface area contributed by atoms with Gasteiger partial charge in [0, 0.05) is 39.1 Å². The molecule has 4 aliphatic heterocycles. The van der Waals surface area contributed by atoms with Crippen LogP contribution < -0.4 is 10.1 Å². The molecule has 0 aliphatic carbocycles. The van der Waals surface area contributed by atoms with Crippen molar-refractivity contribution in [1.29, 1.82) is 0 Å². The maximum absolute atomic E-state index is 13.1. The number of amides is 5. The van der Waals surface area contributed by atoms with Crippen LogP contribution in [0.1, 0.15) is 80.0 Å². The van der Waals surface area contributed by atoms with Crippen LogP contribution in [0.15, 0.2) is 18.2 Å². The smallest absolute Gasteiger partial charge is 0.410 e. The van der Waals surface area contributed by atoms with Crippen LogP contribution in [0.4, 0.5) is 4.79 Å². The Bertz CT molecular complexity index is 1190. The van der Waals surface area contributed by atoms with Crippen molar-refractivity contribution in [2.75, 3.05) is 32.7 Å². The van der Waals surface area contributed by atoms with Crippen molar-refractivity contribution in [3.63, 3.8) is 0 Å². The van der Waals surface area contributed by atoms with Crippen LogP contribution >= 0.6 is 0 Å². The lowest BCUT2D eigenvalue weighted by atomic mass is 9.95. The highest BCUT2D eigenvalue weighted by molar-refractivity contribution is 6.23. The van der Waals surface area contributed by atoms with Crippen LogP contribution in [0, 0.1) is 5.92 Å². The van der Waals surface area contributed by atoms with Crippen LogP contribution in [-0.4, -0.2) is 94.9 Å². The van der Waals surface area contributed by atoms with E-state index in [1.165, 1.54) is 0 Å². The van der Waals surface area contributed by atoms with Gasteiger partial charge in [-0.05, 0) is 77.0 Å². The van der Waals surface area contributed by atoms with Gasteiger partial charge in [-0.25, -0.2) is 4.79 Å². The number of hydrogen-bond donors (Lipinski definition) is 1. The van der Waals surface area contributed by atoms with E-state index in [1.807, 2.05) is 20.8 Å². The summed E-state index contributed by atoms with van der Waals surface area (Å²) in [6.07, 6.45) is 3.61. The van der Waals surface area contributed by atoms with Gasteiger partial charge in [0.15, 0.2) is 0 Å². The number of hydrogen-bond acceptors (Lipinski definition) is 8. The third kappa shape index (κ3) is 6.14. The SMILES string of the molecule is CC(C)(C)OC(=O)N1CCC(CN2CCC(Oc3ccc4c(c3)C(=O)N(C3CCC(=O)NC3=O)C4=O)CC2)CC1. The lowest BCUT2D eigenvalue weighted by Crippen LogP contribution is -2.54. The van der Waals surface area contributed by atoms with E-state index in [1.54, 1.807) is 23.1 Å². The van der Waals surface area contributed by atoms with E-state index in [0.29, 0.717) is 11.7 Å². The number of fused-ring (bicyclic) bond motifs is 1. The molecular formula is C29H38N4O7. The summed E-state index contributed by atoms with van der Waals surface area (Å²) < 4.78 is 11.7. The van der Waals surface area contributed by atoms with Gasteiger partial charge in [-0.15, -0.1) is 0 Å². The zero-order valence-electron chi connectivity index (χ0n) is 23.4. The minimum atomic E-state index is -0.983. The molecule has 4 heterocycles. The Balaban J connectivity index is 1.09. The van der Waals surface area contributed by atoms with Crippen LogP contribution in [0.3, 0.4) is 0 Å². The summed E-state index contributed by atoms with van der Waals surface area (Å²) in [5.74, 6) is -1.01. The third-order valence-electron chi connectivity index (χ3n) is 8.03. The standard InChI is InChI=1S/C29H38N4O7/c1-29(2,3)40-28(38)32-14-8-18(9-15-32)17-31-12-10-19(11-13-31)39-20-4-5-21-22(16-20)27(37)33(26(21)36)23-6-7-24(34)30-25(23)35/h4-5,16,18-19,23H,6-15,17H2,1-3H3,(H,30,34,35). The molecule has 11 heteroatoms. The van der Waals surface area contributed by atoms with E-state index < -0.39 is 35.3 Å². The average Bonchev–Trinajstić information content (AvgIpc) is 3.14. The predicted octanol–water partition coefficient (Wildman–Crippen LogP) is 2.58. The molecule has 0 saturated carbocycles. The Morgan fingerprint density at radius 2 is 1.60 bits per heavy atom. The maximum atomic E-state index is 13.1. The van der Waals surface area contributed by atoms with Crippen molar-refractivity contribution in [1.82, 2.24) is 20.0 Å². The Hall–Kier alpha value is -3.47. The Kier molecular flexibility index (Phi) is 7.85. The summed E-state index contributed by atoms with van der Waals surface area (Å²) in [4.78, 5) is 67.3. The fourth-order valence-corrected chi connectivity index (χ4v) is 5.92. The summed E-state index contributed by atoms with van der Waals surface area (Å²) in [6, 6.07) is 3.88. The van der Waals surface area contributed by atoms with Crippen molar-refractivity contribution in [2.24, 2.45) is 5.92 Å². The molecular weight excluding hydrogens is 516 g/mol. The van der Waals surface area contributed by atoms with Crippen molar-refractivity contribution in [2.45, 2.75) is 77.0 Å².